The summed E-state index contributed by atoms with van der Waals surface area (Å²) in [5, 5.41) is 0. The van der Waals surface area contributed by atoms with Crippen molar-refractivity contribution in [3.8, 4) is 0 Å². The molecule has 0 aliphatic carbocycles. The molecule has 0 aromatic carbocycles. The Hall–Kier alpha value is -0.520. The molecule has 0 aliphatic rings. The SMILES string of the molecule is CC(C(=O)c1ccc(Cl)s1)N(C)CC(F)F. The van der Waals surface area contributed by atoms with Gasteiger partial charge in [-0.25, -0.2) is 8.78 Å². The van der Waals surface area contributed by atoms with Gasteiger partial charge < -0.3 is 0 Å². The van der Waals surface area contributed by atoms with Gasteiger partial charge in [0.25, 0.3) is 6.43 Å². The van der Waals surface area contributed by atoms with E-state index in [0.717, 1.165) is 11.3 Å². The summed E-state index contributed by atoms with van der Waals surface area (Å²) in [6.45, 7) is 1.20. The Bertz CT molecular complexity index is 369. The molecular weight excluding hydrogens is 256 g/mol. The first-order valence-electron chi connectivity index (χ1n) is 4.69. The van der Waals surface area contributed by atoms with E-state index in [1.54, 1.807) is 19.1 Å². The van der Waals surface area contributed by atoms with Crippen LogP contribution in [0.1, 0.15) is 16.6 Å². The molecule has 6 heteroatoms. The standard InChI is InChI=1S/C10H12ClF2NOS/c1-6(14(2)5-9(12)13)10(15)7-3-4-8(11)16-7/h3-4,6,9H,5H2,1-2H3. The largest absolute Gasteiger partial charge is 0.291 e. The lowest BCUT2D eigenvalue weighted by Crippen LogP contribution is -2.38. The Morgan fingerprint density at radius 3 is 2.62 bits per heavy atom. The number of carbonyl (C=O) groups excluding carboxylic acids is 1. The molecule has 0 bridgehead atoms. The van der Waals surface area contributed by atoms with Crippen molar-refractivity contribution in [2.45, 2.75) is 19.4 Å². The minimum Gasteiger partial charge on any atom is -0.291 e. The summed E-state index contributed by atoms with van der Waals surface area (Å²) in [5.74, 6) is -0.181. The third-order valence-electron chi connectivity index (χ3n) is 2.28. The van der Waals surface area contributed by atoms with Gasteiger partial charge in [-0.05, 0) is 26.1 Å². The minimum atomic E-state index is -2.44. The Labute approximate surface area is 102 Å². The van der Waals surface area contributed by atoms with Crippen molar-refractivity contribution in [2.24, 2.45) is 0 Å². The molecule has 2 nitrogen and oxygen atoms in total. The zero-order chi connectivity index (χ0) is 12.3. The smallest absolute Gasteiger partial charge is 0.251 e. The molecule has 0 saturated heterocycles. The van der Waals surface area contributed by atoms with E-state index in [2.05, 4.69) is 0 Å². The average molecular weight is 268 g/mol. The van der Waals surface area contributed by atoms with Crippen LogP contribution in [0.5, 0.6) is 0 Å². The molecule has 1 heterocycles. The second-order valence-electron chi connectivity index (χ2n) is 3.47. The maximum absolute atomic E-state index is 12.1. The highest BCUT2D eigenvalue weighted by Gasteiger charge is 2.22. The van der Waals surface area contributed by atoms with Crippen molar-refractivity contribution in [1.29, 1.82) is 0 Å². The first-order valence-corrected chi connectivity index (χ1v) is 5.89. The molecule has 0 fully saturated rings. The molecule has 0 N–H and O–H groups in total. The number of thiophene rings is 1. The van der Waals surface area contributed by atoms with Crippen LogP contribution in [0.4, 0.5) is 8.78 Å². The summed E-state index contributed by atoms with van der Waals surface area (Å²) in [5.41, 5.74) is 0. The number of rotatable bonds is 5. The van der Waals surface area contributed by atoms with Gasteiger partial charge in [-0.15, -0.1) is 11.3 Å². The maximum Gasteiger partial charge on any atom is 0.251 e. The van der Waals surface area contributed by atoms with Gasteiger partial charge in [0.2, 0.25) is 0 Å². The van der Waals surface area contributed by atoms with Crippen molar-refractivity contribution < 1.29 is 13.6 Å². The molecule has 0 amide bonds. The van der Waals surface area contributed by atoms with Gasteiger partial charge in [-0.3, -0.25) is 9.69 Å². The summed E-state index contributed by atoms with van der Waals surface area (Å²) >= 11 is 6.87. The molecule has 1 aromatic rings. The first kappa shape index (κ1) is 13.5. The molecule has 1 unspecified atom stereocenters. The van der Waals surface area contributed by atoms with Crippen LogP contribution in [0.15, 0.2) is 12.1 Å². The number of halogens is 3. The number of alkyl halides is 2. The summed E-state index contributed by atoms with van der Waals surface area (Å²) in [7, 11) is 1.50. The van der Waals surface area contributed by atoms with Crippen molar-refractivity contribution in [2.75, 3.05) is 13.6 Å². The van der Waals surface area contributed by atoms with Crippen molar-refractivity contribution >= 4 is 28.7 Å². The van der Waals surface area contributed by atoms with Crippen molar-refractivity contribution in [1.82, 2.24) is 4.90 Å². The fraction of sp³-hybridized carbons (Fsp3) is 0.500. The number of likely N-dealkylation sites (N-methyl/N-ethyl adjacent to an activating group) is 1. The Morgan fingerprint density at radius 1 is 1.56 bits per heavy atom. The molecule has 0 aliphatic heterocycles. The lowest BCUT2D eigenvalue weighted by Gasteiger charge is -2.22. The first-order chi connectivity index (χ1) is 7.41. The van der Waals surface area contributed by atoms with Crippen LogP contribution in [-0.2, 0) is 0 Å². The lowest BCUT2D eigenvalue weighted by molar-refractivity contribution is 0.0682. The molecule has 0 radical (unpaired) electrons. The number of nitrogens with zero attached hydrogens (tertiary/aromatic N) is 1. The molecule has 1 rings (SSSR count). The fourth-order valence-corrected chi connectivity index (χ4v) is 2.29. The van der Waals surface area contributed by atoms with Gasteiger partial charge in [0.05, 0.1) is 21.8 Å². The number of hydrogen-bond donors (Lipinski definition) is 0. The fourth-order valence-electron chi connectivity index (χ4n) is 1.23. The van der Waals surface area contributed by atoms with Crippen LogP contribution in [0, 0.1) is 0 Å². The number of carbonyl (C=O) groups is 1. The van der Waals surface area contributed by atoms with Gasteiger partial charge in [-0.1, -0.05) is 11.6 Å². The number of hydrogen-bond acceptors (Lipinski definition) is 3. The van der Waals surface area contributed by atoms with Crippen LogP contribution in [0.2, 0.25) is 4.34 Å². The van der Waals surface area contributed by atoms with Crippen LogP contribution in [0.3, 0.4) is 0 Å². The normalized spacial score (nSPS) is 13.4. The van der Waals surface area contributed by atoms with Crippen LogP contribution in [0.25, 0.3) is 0 Å². The summed E-state index contributed by atoms with van der Waals surface area (Å²) in [6.07, 6.45) is -2.44. The Morgan fingerprint density at radius 2 is 2.19 bits per heavy atom. The van der Waals surface area contributed by atoms with Gasteiger partial charge in [0.15, 0.2) is 5.78 Å². The zero-order valence-corrected chi connectivity index (χ0v) is 10.5. The third-order valence-corrected chi connectivity index (χ3v) is 3.53. The quantitative estimate of drug-likeness (QED) is 0.764. The van der Waals surface area contributed by atoms with Crippen LogP contribution >= 0.6 is 22.9 Å². The van der Waals surface area contributed by atoms with Crippen molar-refractivity contribution in [3.63, 3.8) is 0 Å². The van der Waals surface area contributed by atoms with Crippen molar-refractivity contribution in [3.05, 3.63) is 21.3 Å². The highest BCUT2D eigenvalue weighted by molar-refractivity contribution is 7.18. The zero-order valence-electron chi connectivity index (χ0n) is 8.91. The summed E-state index contributed by atoms with van der Waals surface area (Å²) in [6, 6.07) is 2.67. The molecule has 16 heavy (non-hydrogen) atoms. The van der Waals surface area contributed by atoms with Crippen LogP contribution in [-0.4, -0.2) is 36.7 Å². The van der Waals surface area contributed by atoms with E-state index in [1.807, 2.05) is 0 Å². The van der Waals surface area contributed by atoms with Crippen LogP contribution < -0.4 is 0 Å². The molecule has 0 spiro atoms. The van der Waals surface area contributed by atoms with E-state index < -0.39 is 19.0 Å². The Balaban J connectivity index is 2.67. The molecule has 1 atom stereocenters. The topological polar surface area (TPSA) is 20.3 Å². The highest BCUT2D eigenvalue weighted by atomic mass is 35.5. The summed E-state index contributed by atoms with van der Waals surface area (Å²) in [4.78, 5) is 13.7. The average Bonchev–Trinajstić information content (AvgIpc) is 2.61. The molecule has 90 valence electrons. The Kier molecular flexibility index (Phi) is 4.83. The number of ketones is 1. The van der Waals surface area contributed by atoms with E-state index in [0.29, 0.717) is 9.21 Å². The highest BCUT2D eigenvalue weighted by Crippen LogP contribution is 2.23. The number of Topliss-reactive ketones (excluding diaryl/α,β-unsaturated/α-hetero) is 1. The van der Waals surface area contributed by atoms with E-state index in [-0.39, 0.29) is 5.78 Å². The second-order valence-corrected chi connectivity index (χ2v) is 5.19. The molecular formula is C10H12ClF2NOS. The predicted octanol–water partition coefficient (Wildman–Crippen LogP) is 3.17. The van der Waals surface area contributed by atoms with Gasteiger partial charge in [0.1, 0.15) is 0 Å². The monoisotopic (exact) mass is 267 g/mol. The van der Waals surface area contributed by atoms with E-state index in [9.17, 15) is 13.6 Å². The van der Waals surface area contributed by atoms with Gasteiger partial charge in [-0.2, -0.15) is 0 Å². The van der Waals surface area contributed by atoms with E-state index in [4.69, 9.17) is 11.6 Å². The predicted molar refractivity (Wildman–Crippen MR) is 61.8 cm³/mol. The van der Waals surface area contributed by atoms with E-state index >= 15 is 0 Å². The van der Waals surface area contributed by atoms with Gasteiger partial charge >= 0.3 is 0 Å². The molecule has 1 aromatic heterocycles. The lowest BCUT2D eigenvalue weighted by atomic mass is 10.1. The maximum atomic E-state index is 12.1. The summed E-state index contributed by atoms with van der Waals surface area (Å²) < 4.78 is 24.8. The third kappa shape index (κ3) is 3.50. The van der Waals surface area contributed by atoms with Gasteiger partial charge in [0, 0.05) is 0 Å². The van der Waals surface area contributed by atoms with E-state index in [1.165, 1.54) is 11.9 Å². The minimum absolute atomic E-state index is 0.181. The molecule has 0 saturated carbocycles. The second kappa shape index (κ2) is 5.70.